The molecule has 6 nitrogen and oxygen atoms in total. The molecule has 0 aromatic carbocycles. The summed E-state index contributed by atoms with van der Waals surface area (Å²) in [6.45, 7) is 2.81. The zero-order chi connectivity index (χ0) is 14.0. The molecule has 0 saturated carbocycles. The van der Waals surface area contributed by atoms with Crippen LogP contribution in [0.2, 0.25) is 0 Å². The molecule has 2 N–H and O–H groups in total. The molecule has 0 spiro atoms. The molecule has 2 rings (SSSR count). The number of aliphatic carboxylic acids is 1. The van der Waals surface area contributed by atoms with Crippen LogP contribution >= 0.6 is 0 Å². The molecular weight excluding hydrogens is 248 g/mol. The van der Waals surface area contributed by atoms with E-state index in [-0.39, 0.29) is 25.0 Å². The third-order valence-corrected chi connectivity index (χ3v) is 4.11. The maximum absolute atomic E-state index is 12.5. The van der Waals surface area contributed by atoms with Crippen molar-refractivity contribution in [3.05, 3.63) is 0 Å². The number of nitrogens with zero attached hydrogens (tertiary/aromatic N) is 2. The summed E-state index contributed by atoms with van der Waals surface area (Å²) in [5, 5.41) is 18.8. The van der Waals surface area contributed by atoms with Crippen LogP contribution in [0.5, 0.6) is 0 Å². The van der Waals surface area contributed by atoms with E-state index in [1.165, 1.54) is 4.90 Å². The number of aliphatic hydroxyl groups is 1. The van der Waals surface area contributed by atoms with Crippen molar-refractivity contribution in [2.45, 2.75) is 57.2 Å². The van der Waals surface area contributed by atoms with E-state index in [9.17, 15) is 14.7 Å². The van der Waals surface area contributed by atoms with E-state index < -0.39 is 18.1 Å². The normalized spacial score (nSPS) is 32.2. The summed E-state index contributed by atoms with van der Waals surface area (Å²) in [6.07, 6.45) is 3.54. The smallest absolute Gasteiger partial charge is 0.326 e. The summed E-state index contributed by atoms with van der Waals surface area (Å²) in [5.74, 6) is -1.03. The van der Waals surface area contributed by atoms with E-state index in [4.69, 9.17) is 5.11 Å². The van der Waals surface area contributed by atoms with Crippen molar-refractivity contribution in [2.24, 2.45) is 0 Å². The van der Waals surface area contributed by atoms with E-state index in [2.05, 4.69) is 0 Å². The molecule has 2 amide bonds. The van der Waals surface area contributed by atoms with Gasteiger partial charge in [-0.3, -0.25) is 0 Å². The highest BCUT2D eigenvalue weighted by molar-refractivity contribution is 5.83. The number of urea groups is 1. The first kappa shape index (κ1) is 14.1. The standard InChI is InChI=1S/C13H22N2O4/c1-9-5-3-2-4-6-14(9)13(19)15-8-10(16)7-11(15)12(17)18/h9-11,16H,2-8H2,1H3,(H,17,18)/t9?,10-,11+/m1/s1. The lowest BCUT2D eigenvalue weighted by atomic mass is 10.1. The lowest BCUT2D eigenvalue weighted by molar-refractivity contribution is -0.141. The van der Waals surface area contributed by atoms with Crippen molar-refractivity contribution in [1.82, 2.24) is 9.80 Å². The van der Waals surface area contributed by atoms with Crippen molar-refractivity contribution in [3.8, 4) is 0 Å². The van der Waals surface area contributed by atoms with Gasteiger partial charge in [0.15, 0.2) is 0 Å². The molecule has 2 heterocycles. The van der Waals surface area contributed by atoms with Gasteiger partial charge in [-0.25, -0.2) is 9.59 Å². The van der Waals surface area contributed by atoms with Crippen LogP contribution in [0.25, 0.3) is 0 Å². The zero-order valence-corrected chi connectivity index (χ0v) is 11.3. The van der Waals surface area contributed by atoms with Gasteiger partial charge in [0.2, 0.25) is 0 Å². The summed E-state index contributed by atoms with van der Waals surface area (Å²) >= 11 is 0. The number of carboxylic acid groups (broad SMARTS) is 1. The van der Waals surface area contributed by atoms with Gasteiger partial charge < -0.3 is 20.0 Å². The molecule has 3 atom stereocenters. The van der Waals surface area contributed by atoms with Crippen molar-refractivity contribution in [1.29, 1.82) is 0 Å². The van der Waals surface area contributed by atoms with Gasteiger partial charge in [0.25, 0.3) is 0 Å². The van der Waals surface area contributed by atoms with Crippen LogP contribution in [0, 0.1) is 0 Å². The highest BCUT2D eigenvalue weighted by Crippen LogP contribution is 2.23. The van der Waals surface area contributed by atoms with Gasteiger partial charge in [-0.05, 0) is 19.8 Å². The van der Waals surface area contributed by atoms with Gasteiger partial charge in [0.1, 0.15) is 6.04 Å². The third kappa shape index (κ3) is 3.00. The molecule has 1 unspecified atom stereocenters. The molecular formula is C13H22N2O4. The number of carboxylic acids is 1. The Bertz CT molecular complexity index is 361. The van der Waals surface area contributed by atoms with E-state index in [1.807, 2.05) is 6.92 Å². The Balaban J connectivity index is 2.10. The third-order valence-electron chi connectivity index (χ3n) is 4.11. The molecule has 0 radical (unpaired) electrons. The van der Waals surface area contributed by atoms with Gasteiger partial charge >= 0.3 is 12.0 Å². The molecule has 108 valence electrons. The van der Waals surface area contributed by atoms with Crippen LogP contribution in [-0.4, -0.2) is 63.3 Å². The van der Waals surface area contributed by atoms with Crippen molar-refractivity contribution >= 4 is 12.0 Å². The summed E-state index contributed by atoms with van der Waals surface area (Å²) < 4.78 is 0. The van der Waals surface area contributed by atoms with E-state index >= 15 is 0 Å². The second-order valence-electron chi connectivity index (χ2n) is 5.57. The van der Waals surface area contributed by atoms with Gasteiger partial charge in [0.05, 0.1) is 6.10 Å². The molecule has 0 aromatic heterocycles. The van der Waals surface area contributed by atoms with Crippen LogP contribution in [-0.2, 0) is 4.79 Å². The lowest BCUT2D eigenvalue weighted by Gasteiger charge is -2.33. The van der Waals surface area contributed by atoms with Gasteiger partial charge in [0, 0.05) is 25.6 Å². The highest BCUT2D eigenvalue weighted by Gasteiger charge is 2.41. The Morgan fingerprint density at radius 1 is 1.16 bits per heavy atom. The molecule has 0 aliphatic carbocycles. The number of amides is 2. The number of aliphatic hydroxyl groups excluding tert-OH is 1. The second-order valence-corrected chi connectivity index (χ2v) is 5.57. The van der Waals surface area contributed by atoms with Crippen molar-refractivity contribution < 1.29 is 19.8 Å². The van der Waals surface area contributed by atoms with Crippen LogP contribution in [0.15, 0.2) is 0 Å². The Morgan fingerprint density at radius 3 is 2.58 bits per heavy atom. The molecule has 0 aromatic rings. The van der Waals surface area contributed by atoms with E-state index in [1.54, 1.807) is 4.90 Å². The first-order valence-electron chi connectivity index (χ1n) is 6.99. The van der Waals surface area contributed by atoms with Gasteiger partial charge in [-0.2, -0.15) is 0 Å². The zero-order valence-electron chi connectivity index (χ0n) is 11.3. The van der Waals surface area contributed by atoms with Crippen LogP contribution in [0.4, 0.5) is 4.79 Å². The van der Waals surface area contributed by atoms with Crippen LogP contribution in [0.3, 0.4) is 0 Å². The maximum Gasteiger partial charge on any atom is 0.326 e. The topological polar surface area (TPSA) is 81.1 Å². The Hall–Kier alpha value is -1.30. The molecule has 6 heteroatoms. The quantitative estimate of drug-likeness (QED) is 0.741. The van der Waals surface area contributed by atoms with Crippen molar-refractivity contribution in [2.75, 3.05) is 13.1 Å². The number of hydrogen-bond donors (Lipinski definition) is 2. The molecule has 19 heavy (non-hydrogen) atoms. The lowest BCUT2D eigenvalue weighted by Crippen LogP contribution is -2.50. The Labute approximate surface area is 113 Å². The second kappa shape index (κ2) is 5.77. The van der Waals surface area contributed by atoms with Gasteiger partial charge in [-0.1, -0.05) is 12.8 Å². The molecule has 2 fully saturated rings. The first-order valence-corrected chi connectivity index (χ1v) is 6.99. The van der Waals surface area contributed by atoms with Crippen LogP contribution in [0.1, 0.15) is 39.0 Å². The molecule has 2 aliphatic rings. The maximum atomic E-state index is 12.5. The molecule has 2 aliphatic heterocycles. The summed E-state index contributed by atoms with van der Waals surface area (Å²) in [7, 11) is 0. The Morgan fingerprint density at radius 2 is 1.89 bits per heavy atom. The molecule has 0 bridgehead atoms. The van der Waals surface area contributed by atoms with Crippen molar-refractivity contribution in [3.63, 3.8) is 0 Å². The Kier molecular flexibility index (Phi) is 4.29. The summed E-state index contributed by atoms with van der Waals surface area (Å²) in [4.78, 5) is 26.8. The summed E-state index contributed by atoms with van der Waals surface area (Å²) in [6, 6.07) is -0.988. The van der Waals surface area contributed by atoms with E-state index in [0.717, 1.165) is 25.7 Å². The number of carbonyl (C=O) groups is 2. The summed E-state index contributed by atoms with van der Waals surface area (Å²) in [5.41, 5.74) is 0. The minimum Gasteiger partial charge on any atom is -0.480 e. The number of carbonyl (C=O) groups excluding carboxylic acids is 1. The number of β-amino-alcohol motifs (C(OH)–C–C–N with tert-alkyl or cyclic N) is 1. The van der Waals surface area contributed by atoms with E-state index in [0.29, 0.717) is 6.54 Å². The monoisotopic (exact) mass is 270 g/mol. The SMILES string of the molecule is CC1CCCCCN1C(=O)N1C[C@H](O)C[C@H]1C(=O)O. The average molecular weight is 270 g/mol. The fourth-order valence-corrected chi connectivity index (χ4v) is 2.98. The molecule has 2 saturated heterocycles. The average Bonchev–Trinajstić information content (AvgIpc) is 2.62. The predicted octanol–water partition coefficient (Wildman–Crippen LogP) is 0.891. The number of hydrogen-bond acceptors (Lipinski definition) is 3. The fraction of sp³-hybridized carbons (Fsp3) is 0.846. The number of likely N-dealkylation sites (tertiary alicyclic amines) is 2. The fourth-order valence-electron chi connectivity index (χ4n) is 2.98. The minimum atomic E-state index is -1.03. The minimum absolute atomic E-state index is 0.124. The predicted molar refractivity (Wildman–Crippen MR) is 68.8 cm³/mol. The number of rotatable bonds is 1. The van der Waals surface area contributed by atoms with Crippen LogP contribution < -0.4 is 0 Å². The first-order chi connectivity index (χ1) is 9.00. The largest absolute Gasteiger partial charge is 0.480 e. The highest BCUT2D eigenvalue weighted by atomic mass is 16.4. The van der Waals surface area contributed by atoms with Gasteiger partial charge in [-0.15, -0.1) is 0 Å².